The second kappa shape index (κ2) is 3.72. The van der Waals surface area contributed by atoms with Crippen molar-refractivity contribution in [3.8, 4) is 0 Å². The molecule has 2 rings (SSSR count). The van der Waals surface area contributed by atoms with Gasteiger partial charge in [0.1, 0.15) is 0 Å². The Labute approximate surface area is 95.2 Å². The molecule has 0 aliphatic heterocycles. The van der Waals surface area contributed by atoms with Gasteiger partial charge in [-0.25, -0.2) is 0 Å². The van der Waals surface area contributed by atoms with Gasteiger partial charge in [-0.1, -0.05) is 11.3 Å². The molecule has 2 heterocycles. The molecule has 86 valence electrons. The molecule has 0 saturated carbocycles. The summed E-state index contributed by atoms with van der Waals surface area (Å²) in [6, 6.07) is 1.53. The van der Waals surface area contributed by atoms with Gasteiger partial charge in [0.05, 0.1) is 0 Å². The number of nitrogens with two attached hydrogens (primary N) is 1. The van der Waals surface area contributed by atoms with Crippen LogP contribution in [-0.2, 0) is 17.1 Å². The minimum Gasteiger partial charge on any atom is -0.374 e. The van der Waals surface area contributed by atoms with Gasteiger partial charge in [0, 0.05) is 19.3 Å². The SMILES string of the molecule is Cn1ccc(NS(=O)(=O)c2nnc(N)s2)n1. The Morgan fingerprint density at radius 2 is 2.25 bits per heavy atom. The smallest absolute Gasteiger partial charge is 0.292 e. The lowest BCUT2D eigenvalue weighted by molar-refractivity contribution is 0.599. The zero-order valence-corrected chi connectivity index (χ0v) is 9.79. The van der Waals surface area contributed by atoms with Crippen molar-refractivity contribution >= 4 is 32.3 Å². The van der Waals surface area contributed by atoms with Crippen LogP contribution >= 0.6 is 11.3 Å². The zero-order valence-electron chi connectivity index (χ0n) is 8.15. The summed E-state index contributed by atoms with van der Waals surface area (Å²) in [7, 11) is -2.06. The number of hydrogen-bond donors (Lipinski definition) is 2. The molecule has 0 saturated heterocycles. The fourth-order valence-corrected chi connectivity index (χ4v) is 2.76. The van der Waals surface area contributed by atoms with Crippen LogP contribution in [0.15, 0.2) is 16.6 Å². The number of aromatic nitrogens is 4. The first-order chi connectivity index (χ1) is 7.47. The molecule has 0 unspecified atom stereocenters. The maximum Gasteiger partial charge on any atom is 0.292 e. The highest BCUT2D eigenvalue weighted by atomic mass is 32.2. The summed E-state index contributed by atoms with van der Waals surface area (Å²) in [6.45, 7) is 0. The second-order valence-electron chi connectivity index (χ2n) is 2.89. The first-order valence-corrected chi connectivity index (χ1v) is 6.39. The molecule has 8 nitrogen and oxygen atoms in total. The van der Waals surface area contributed by atoms with Crippen molar-refractivity contribution in [1.29, 1.82) is 0 Å². The highest BCUT2D eigenvalue weighted by Crippen LogP contribution is 2.19. The van der Waals surface area contributed by atoms with Crippen LogP contribution < -0.4 is 10.5 Å². The fraction of sp³-hybridized carbons (Fsp3) is 0.167. The number of hydrogen-bond acceptors (Lipinski definition) is 7. The molecule has 0 radical (unpaired) electrons. The van der Waals surface area contributed by atoms with Crippen LogP contribution in [0.1, 0.15) is 0 Å². The molecule has 0 aromatic carbocycles. The van der Waals surface area contributed by atoms with Gasteiger partial charge in [-0.05, 0) is 0 Å². The van der Waals surface area contributed by atoms with Gasteiger partial charge in [-0.3, -0.25) is 9.40 Å². The summed E-state index contributed by atoms with van der Waals surface area (Å²) < 4.78 is 27.0. The molecule has 0 atom stereocenters. The maximum atomic E-state index is 11.7. The normalized spacial score (nSPS) is 11.6. The van der Waals surface area contributed by atoms with Crippen molar-refractivity contribution in [1.82, 2.24) is 20.0 Å². The first kappa shape index (κ1) is 10.8. The molecule has 0 aliphatic carbocycles. The number of nitrogens with zero attached hydrogens (tertiary/aromatic N) is 4. The van der Waals surface area contributed by atoms with Crippen LogP contribution in [0.3, 0.4) is 0 Å². The zero-order chi connectivity index (χ0) is 11.8. The fourth-order valence-electron chi connectivity index (χ4n) is 0.980. The highest BCUT2D eigenvalue weighted by molar-refractivity contribution is 7.94. The van der Waals surface area contributed by atoms with E-state index in [2.05, 4.69) is 20.0 Å². The highest BCUT2D eigenvalue weighted by Gasteiger charge is 2.20. The van der Waals surface area contributed by atoms with Crippen LogP contribution in [-0.4, -0.2) is 28.4 Å². The third-order valence-electron chi connectivity index (χ3n) is 1.60. The van der Waals surface area contributed by atoms with E-state index in [1.807, 2.05) is 0 Å². The van der Waals surface area contributed by atoms with Gasteiger partial charge < -0.3 is 5.73 Å². The Balaban J connectivity index is 2.27. The van der Waals surface area contributed by atoms with E-state index in [0.717, 1.165) is 11.3 Å². The van der Waals surface area contributed by atoms with Gasteiger partial charge in [0.25, 0.3) is 14.4 Å². The van der Waals surface area contributed by atoms with E-state index in [0.29, 0.717) is 0 Å². The van der Waals surface area contributed by atoms with Crippen LogP contribution in [0.4, 0.5) is 10.9 Å². The van der Waals surface area contributed by atoms with Crippen molar-refractivity contribution < 1.29 is 8.42 Å². The van der Waals surface area contributed by atoms with Gasteiger partial charge in [0.2, 0.25) is 5.13 Å². The number of sulfonamides is 1. The number of rotatable bonds is 3. The third-order valence-corrected chi connectivity index (χ3v) is 4.08. The summed E-state index contributed by atoms with van der Waals surface area (Å²) in [5, 5.41) is 10.9. The third kappa shape index (κ3) is 2.12. The van der Waals surface area contributed by atoms with E-state index in [1.54, 1.807) is 13.2 Å². The molecule has 2 aromatic rings. The van der Waals surface area contributed by atoms with Crippen LogP contribution in [0.25, 0.3) is 0 Å². The van der Waals surface area contributed by atoms with Gasteiger partial charge >= 0.3 is 0 Å². The van der Waals surface area contributed by atoms with Crippen LogP contribution in [0.5, 0.6) is 0 Å². The lowest BCUT2D eigenvalue weighted by Crippen LogP contribution is -2.13. The topological polar surface area (TPSA) is 116 Å². The summed E-state index contributed by atoms with van der Waals surface area (Å²) >= 11 is 0.791. The van der Waals surface area contributed by atoms with E-state index in [9.17, 15) is 8.42 Å². The number of anilines is 2. The predicted octanol–water partition coefficient (Wildman–Crippen LogP) is -0.345. The summed E-state index contributed by atoms with van der Waals surface area (Å²) in [5.41, 5.74) is 5.31. The van der Waals surface area contributed by atoms with Crippen molar-refractivity contribution in [3.05, 3.63) is 12.3 Å². The number of nitrogens with one attached hydrogen (secondary N) is 1. The average molecular weight is 260 g/mol. The lowest BCUT2D eigenvalue weighted by Gasteiger charge is -1.99. The molecule has 0 aliphatic rings. The molecule has 2 aromatic heterocycles. The van der Waals surface area contributed by atoms with E-state index in [1.165, 1.54) is 10.7 Å². The molecule has 0 fully saturated rings. The minimum atomic E-state index is -3.74. The number of nitrogen functional groups attached to an aromatic ring is 1. The Hall–Kier alpha value is -1.68. The van der Waals surface area contributed by atoms with Crippen molar-refractivity contribution in [2.24, 2.45) is 7.05 Å². The summed E-state index contributed by atoms with van der Waals surface area (Å²) in [4.78, 5) is 0. The molecular formula is C6H8N6O2S2. The van der Waals surface area contributed by atoms with E-state index < -0.39 is 10.0 Å². The molecule has 3 N–H and O–H groups in total. The Kier molecular flexibility index (Phi) is 2.52. The van der Waals surface area contributed by atoms with Crippen molar-refractivity contribution in [2.75, 3.05) is 10.5 Å². The van der Waals surface area contributed by atoms with Gasteiger partial charge in [-0.15, -0.1) is 10.2 Å². The van der Waals surface area contributed by atoms with Crippen LogP contribution in [0, 0.1) is 0 Å². The molecule has 10 heteroatoms. The first-order valence-electron chi connectivity index (χ1n) is 4.09. The quantitative estimate of drug-likeness (QED) is 0.779. The average Bonchev–Trinajstić information content (AvgIpc) is 2.75. The van der Waals surface area contributed by atoms with Crippen molar-refractivity contribution in [3.63, 3.8) is 0 Å². The summed E-state index contributed by atoms with van der Waals surface area (Å²) in [6.07, 6.45) is 1.62. The largest absolute Gasteiger partial charge is 0.374 e. The predicted molar refractivity (Wildman–Crippen MR) is 58.3 cm³/mol. The molecule has 0 bridgehead atoms. The van der Waals surface area contributed by atoms with Gasteiger partial charge in [-0.2, -0.15) is 13.5 Å². The molecule has 0 amide bonds. The molecule has 0 spiro atoms. The monoisotopic (exact) mass is 260 g/mol. The standard InChI is InChI=1S/C6H8N6O2S2/c1-12-3-2-4(10-12)11-16(13,14)6-9-8-5(7)15-6/h2-3H,1H3,(H2,7,8)(H,10,11). The maximum absolute atomic E-state index is 11.7. The van der Waals surface area contributed by atoms with Crippen molar-refractivity contribution in [2.45, 2.75) is 4.34 Å². The van der Waals surface area contributed by atoms with Crippen LogP contribution in [0.2, 0.25) is 0 Å². The van der Waals surface area contributed by atoms with E-state index >= 15 is 0 Å². The Morgan fingerprint density at radius 3 is 2.75 bits per heavy atom. The molecule has 16 heavy (non-hydrogen) atoms. The lowest BCUT2D eigenvalue weighted by atomic mass is 10.7. The van der Waals surface area contributed by atoms with Gasteiger partial charge in [0.15, 0.2) is 5.82 Å². The van der Waals surface area contributed by atoms with E-state index in [4.69, 9.17) is 5.73 Å². The minimum absolute atomic E-state index is 0.0985. The molecular weight excluding hydrogens is 252 g/mol. The number of aryl methyl sites for hydroxylation is 1. The second-order valence-corrected chi connectivity index (χ2v) is 5.75. The summed E-state index contributed by atoms with van der Waals surface area (Å²) in [5.74, 6) is 0.219. The van der Waals surface area contributed by atoms with E-state index in [-0.39, 0.29) is 15.3 Å². The Bertz CT molecular complexity index is 600. The Morgan fingerprint density at radius 1 is 1.50 bits per heavy atom.